The third-order valence-electron chi connectivity index (χ3n) is 1.92. The smallest absolute Gasteiger partial charge is 0.241 e. The van der Waals surface area contributed by atoms with Crippen LogP contribution in [0.3, 0.4) is 0 Å². The Morgan fingerprint density at radius 2 is 1.40 bits per heavy atom. The number of rotatable bonds is 6. The molecule has 0 aliphatic rings. The van der Waals surface area contributed by atoms with Crippen molar-refractivity contribution in [2.24, 2.45) is 0 Å². The average molecular weight is 240 g/mol. The van der Waals surface area contributed by atoms with Crippen molar-refractivity contribution in [1.82, 2.24) is 0 Å². The zero-order valence-electron chi connectivity index (χ0n) is 7.92. The van der Waals surface area contributed by atoms with E-state index < -0.39 is 30.9 Å². The molecule has 0 amide bonds. The fourth-order valence-electron chi connectivity index (χ4n) is 0.919. The largest absolute Gasteiger partial charge is 0.372 e. The van der Waals surface area contributed by atoms with Gasteiger partial charge in [0.25, 0.3) is 0 Å². The van der Waals surface area contributed by atoms with Crippen LogP contribution in [0, 0.1) is 0 Å². The molecule has 0 aliphatic heterocycles. The van der Waals surface area contributed by atoms with Gasteiger partial charge in [0.1, 0.15) is 0 Å². The lowest BCUT2D eigenvalue weighted by Crippen LogP contribution is -2.52. The van der Waals surface area contributed by atoms with Gasteiger partial charge in [-0.2, -0.15) is 17.6 Å². The van der Waals surface area contributed by atoms with Crippen LogP contribution in [0.2, 0.25) is 0 Å². The Balaban J connectivity index is 4.64. The second-order valence-corrected chi connectivity index (χ2v) is 3.16. The van der Waals surface area contributed by atoms with E-state index in [-0.39, 0.29) is 6.42 Å². The van der Waals surface area contributed by atoms with Crippen molar-refractivity contribution in [2.45, 2.75) is 50.6 Å². The maximum absolute atomic E-state index is 12.7. The van der Waals surface area contributed by atoms with E-state index in [0.717, 1.165) is 0 Å². The van der Waals surface area contributed by atoms with Crippen LogP contribution in [0.15, 0.2) is 0 Å². The minimum atomic E-state index is -5.62. The Bertz CT molecular complexity index is 189. The Morgan fingerprint density at radius 3 is 1.73 bits per heavy atom. The summed E-state index contributed by atoms with van der Waals surface area (Å²) in [6, 6.07) is 0. The molecule has 15 heavy (non-hydrogen) atoms. The van der Waals surface area contributed by atoms with Crippen molar-refractivity contribution in [3.63, 3.8) is 0 Å². The van der Waals surface area contributed by atoms with Gasteiger partial charge in [0.2, 0.25) is 0 Å². The summed E-state index contributed by atoms with van der Waals surface area (Å²) in [6.07, 6.45) is -8.42. The summed E-state index contributed by atoms with van der Waals surface area (Å²) in [4.78, 5) is 0. The first-order valence-electron chi connectivity index (χ1n) is 4.35. The van der Waals surface area contributed by atoms with Crippen molar-refractivity contribution < 1.29 is 30.7 Å². The molecule has 0 rings (SSSR count). The van der Waals surface area contributed by atoms with Crippen LogP contribution in [0.1, 0.15) is 26.2 Å². The first kappa shape index (κ1) is 14.5. The molecular formula is C8H11F7. The van der Waals surface area contributed by atoms with Crippen LogP contribution in [0.25, 0.3) is 0 Å². The zero-order valence-corrected chi connectivity index (χ0v) is 7.92. The number of hydrogen-bond donors (Lipinski definition) is 0. The summed E-state index contributed by atoms with van der Waals surface area (Å²) in [7, 11) is 0. The van der Waals surface area contributed by atoms with Crippen LogP contribution in [0.5, 0.6) is 0 Å². The maximum Gasteiger partial charge on any atom is 0.372 e. The summed E-state index contributed by atoms with van der Waals surface area (Å²) in [5, 5.41) is 0. The fraction of sp³-hybridized carbons (Fsp3) is 1.00. The highest BCUT2D eigenvalue weighted by atomic mass is 19.3. The van der Waals surface area contributed by atoms with E-state index in [9.17, 15) is 30.7 Å². The van der Waals surface area contributed by atoms with Gasteiger partial charge in [0.05, 0.1) is 0 Å². The molecule has 0 aromatic heterocycles. The molecule has 0 spiro atoms. The van der Waals surface area contributed by atoms with Crippen LogP contribution < -0.4 is 0 Å². The highest BCUT2D eigenvalue weighted by molar-refractivity contribution is 4.92. The van der Waals surface area contributed by atoms with Crippen molar-refractivity contribution in [2.75, 3.05) is 0 Å². The molecule has 0 bridgehead atoms. The highest BCUT2D eigenvalue weighted by Gasteiger charge is 2.66. The Kier molecular flexibility index (Phi) is 4.86. The minimum Gasteiger partial charge on any atom is -0.241 e. The van der Waals surface area contributed by atoms with Gasteiger partial charge in [-0.1, -0.05) is 19.8 Å². The molecule has 0 radical (unpaired) electrons. The quantitative estimate of drug-likeness (QED) is 0.614. The van der Waals surface area contributed by atoms with Gasteiger partial charge < -0.3 is 0 Å². The molecule has 0 fully saturated rings. The summed E-state index contributed by atoms with van der Waals surface area (Å²) in [6.45, 7) is 1.54. The topological polar surface area (TPSA) is 0 Å². The van der Waals surface area contributed by atoms with E-state index in [1.807, 2.05) is 0 Å². The molecular weight excluding hydrogens is 229 g/mol. The molecule has 0 saturated heterocycles. The van der Waals surface area contributed by atoms with E-state index in [1.165, 1.54) is 6.92 Å². The number of halogens is 7. The predicted octanol–water partition coefficient (Wildman–Crippen LogP) is 4.05. The van der Waals surface area contributed by atoms with E-state index in [0.29, 0.717) is 6.42 Å². The lowest BCUT2D eigenvalue weighted by Gasteiger charge is -2.28. The molecule has 0 saturated carbocycles. The maximum atomic E-state index is 12.7. The molecule has 7 heteroatoms. The van der Waals surface area contributed by atoms with Crippen molar-refractivity contribution in [1.29, 1.82) is 0 Å². The number of hydrogen-bond acceptors (Lipinski definition) is 0. The first-order chi connectivity index (χ1) is 6.67. The molecule has 0 aromatic carbocycles. The molecule has 0 aliphatic carbocycles. The standard InChI is InChI=1S/C8H11F7/c1-2-3-4-5(9)7(12,13)8(14,15)6(10)11/h5-6H,2-4H2,1H3. The molecule has 1 atom stereocenters. The highest BCUT2D eigenvalue weighted by Crippen LogP contribution is 2.43. The number of unbranched alkanes of at least 4 members (excludes halogenated alkanes) is 1. The van der Waals surface area contributed by atoms with E-state index in [2.05, 4.69) is 0 Å². The van der Waals surface area contributed by atoms with Gasteiger partial charge in [-0.15, -0.1) is 0 Å². The van der Waals surface area contributed by atoms with E-state index >= 15 is 0 Å². The minimum absolute atomic E-state index is 0.0594. The average Bonchev–Trinajstić information content (AvgIpc) is 2.13. The fourth-order valence-corrected chi connectivity index (χ4v) is 0.919. The lowest BCUT2D eigenvalue weighted by atomic mass is 10.0. The Labute approximate surface area is 82.5 Å². The number of alkyl halides is 7. The molecule has 92 valence electrons. The normalized spacial score (nSPS) is 15.8. The molecule has 0 N–H and O–H groups in total. The van der Waals surface area contributed by atoms with Gasteiger partial charge >= 0.3 is 18.3 Å². The Hall–Kier alpha value is -0.490. The van der Waals surface area contributed by atoms with Crippen molar-refractivity contribution in [3.8, 4) is 0 Å². The predicted molar refractivity (Wildman–Crippen MR) is 40.3 cm³/mol. The van der Waals surface area contributed by atoms with Gasteiger partial charge in [0, 0.05) is 0 Å². The molecule has 0 heterocycles. The van der Waals surface area contributed by atoms with Crippen LogP contribution in [0.4, 0.5) is 30.7 Å². The second-order valence-electron chi connectivity index (χ2n) is 3.16. The first-order valence-corrected chi connectivity index (χ1v) is 4.35. The third-order valence-corrected chi connectivity index (χ3v) is 1.92. The van der Waals surface area contributed by atoms with Crippen molar-refractivity contribution in [3.05, 3.63) is 0 Å². The van der Waals surface area contributed by atoms with Gasteiger partial charge in [-0.3, -0.25) is 0 Å². The molecule has 1 unspecified atom stereocenters. The molecule has 0 nitrogen and oxygen atoms in total. The van der Waals surface area contributed by atoms with Gasteiger partial charge in [-0.05, 0) is 6.42 Å². The van der Waals surface area contributed by atoms with Crippen LogP contribution in [-0.2, 0) is 0 Å². The van der Waals surface area contributed by atoms with Gasteiger partial charge in [-0.25, -0.2) is 13.2 Å². The Morgan fingerprint density at radius 1 is 0.933 bits per heavy atom. The van der Waals surface area contributed by atoms with E-state index in [1.54, 1.807) is 0 Å². The van der Waals surface area contributed by atoms with Crippen molar-refractivity contribution >= 4 is 0 Å². The molecule has 0 aromatic rings. The van der Waals surface area contributed by atoms with Crippen LogP contribution in [-0.4, -0.2) is 24.4 Å². The summed E-state index contributed by atoms with van der Waals surface area (Å²) in [5.74, 6) is -10.9. The zero-order chi connectivity index (χ0) is 12.3. The third kappa shape index (κ3) is 2.98. The van der Waals surface area contributed by atoms with Gasteiger partial charge in [0.15, 0.2) is 6.17 Å². The summed E-state index contributed by atoms with van der Waals surface area (Å²) < 4.78 is 85.5. The summed E-state index contributed by atoms with van der Waals surface area (Å²) >= 11 is 0. The second kappa shape index (κ2) is 5.03. The SMILES string of the molecule is CCCCC(F)C(F)(F)C(F)(F)C(F)F. The van der Waals surface area contributed by atoms with Crippen LogP contribution >= 0.6 is 0 Å². The lowest BCUT2D eigenvalue weighted by molar-refractivity contribution is -0.285. The monoisotopic (exact) mass is 240 g/mol. The van der Waals surface area contributed by atoms with E-state index in [4.69, 9.17) is 0 Å². The summed E-state index contributed by atoms with van der Waals surface area (Å²) in [5.41, 5.74) is 0.